The molecule has 2 heterocycles. The zero-order chi connectivity index (χ0) is 48.9. The van der Waals surface area contributed by atoms with E-state index in [1.807, 2.05) is 6.07 Å². The Morgan fingerprint density at radius 1 is 0.824 bits per heavy atom. The van der Waals surface area contributed by atoms with Gasteiger partial charge in [-0.05, 0) is 66.5 Å². The number of carbonyl (C=O) groups is 7. The molecule has 2 bridgehead atoms. The summed E-state index contributed by atoms with van der Waals surface area (Å²) >= 11 is 0. The minimum Gasteiger partial charge on any atom is -0.496 e. The van der Waals surface area contributed by atoms with Crippen LogP contribution < -0.4 is 9.47 Å². The van der Waals surface area contributed by atoms with Gasteiger partial charge in [-0.15, -0.1) is 0 Å². The summed E-state index contributed by atoms with van der Waals surface area (Å²) in [4.78, 5) is 96.4. The second kappa shape index (κ2) is 18.0. The number of rotatable bonds is 12. The lowest BCUT2D eigenvalue weighted by molar-refractivity contribution is -0.351. The molecule has 4 fully saturated rings. The summed E-state index contributed by atoms with van der Waals surface area (Å²) in [5.74, 6) is -5.47. The van der Waals surface area contributed by atoms with Crippen LogP contribution in [0.15, 0.2) is 96.1 Å². The molecule has 2 aliphatic heterocycles. The third-order valence-corrected chi connectivity index (χ3v) is 14.0. The fourth-order valence-corrected chi connectivity index (χ4v) is 11.1. The number of Topliss-reactive ketones (excluding diaryl/α,β-unsaturated/α-hetero) is 1. The van der Waals surface area contributed by atoms with Crippen LogP contribution in [-0.4, -0.2) is 103 Å². The zero-order valence-electron chi connectivity index (χ0n) is 38.8. The number of para-hydroxylation sites is 1. The number of hydrogen-bond donors (Lipinski definition) is 0. The fraction of sp³-hybridized carbons (Fsp3) is 0.431. The topological polar surface area (TPSA) is 212 Å². The van der Waals surface area contributed by atoms with E-state index in [4.69, 9.17) is 47.4 Å². The van der Waals surface area contributed by atoms with Crippen LogP contribution in [0.4, 0.5) is 4.79 Å². The second-order valence-electron chi connectivity index (χ2n) is 18.3. The SMILES string of the molecule is COc1ccccc1C(=O)Oc1ccc(/C=C/C(=O)O[C@H]2C[C@H]3OC[C@@]3(OC(C)=O)[C@H]3[C@H](OCc4ccccc4)[C@]45OC(=O)O[C@H]4[C@H](OC(C)=O)C(C)=C([C@@H](OC(C)=O)C(=O)[C@]23C)C5(C)C)cc1. The molecule has 3 aromatic carbocycles. The molecule has 2 saturated heterocycles. The van der Waals surface area contributed by atoms with Gasteiger partial charge < -0.3 is 47.4 Å². The lowest BCUT2D eigenvalue weighted by atomic mass is 9.44. The van der Waals surface area contributed by atoms with E-state index in [1.54, 1.807) is 93.6 Å². The smallest absolute Gasteiger partial charge is 0.496 e. The van der Waals surface area contributed by atoms with Gasteiger partial charge in [-0.1, -0.05) is 68.4 Å². The van der Waals surface area contributed by atoms with Crippen molar-refractivity contribution in [2.24, 2.45) is 16.7 Å². The molecule has 0 unspecified atom stereocenters. The number of carbonyl (C=O) groups excluding carboxylic acids is 7. The maximum absolute atomic E-state index is 16.1. The largest absolute Gasteiger partial charge is 0.509 e. The molecule has 1 spiro atoms. The Morgan fingerprint density at radius 2 is 1.50 bits per heavy atom. The molecular weight excluding hydrogens is 885 g/mol. The molecule has 0 aromatic heterocycles. The first-order valence-corrected chi connectivity index (χ1v) is 22.1. The second-order valence-corrected chi connectivity index (χ2v) is 18.3. The van der Waals surface area contributed by atoms with E-state index < -0.39 is 106 Å². The van der Waals surface area contributed by atoms with Crippen LogP contribution in [0, 0.1) is 16.7 Å². The first-order valence-electron chi connectivity index (χ1n) is 22.1. The molecule has 5 aliphatic rings. The number of ketones is 1. The number of methoxy groups -OCH3 is 1. The van der Waals surface area contributed by atoms with E-state index in [2.05, 4.69) is 0 Å². The Labute approximate surface area is 391 Å². The van der Waals surface area contributed by atoms with Gasteiger partial charge in [0.25, 0.3) is 0 Å². The zero-order valence-corrected chi connectivity index (χ0v) is 38.8. The van der Waals surface area contributed by atoms with Crippen molar-refractivity contribution in [1.82, 2.24) is 0 Å². The molecule has 358 valence electrons. The Kier molecular flexibility index (Phi) is 12.6. The monoisotopic (exact) mass is 936 g/mol. The van der Waals surface area contributed by atoms with Crippen molar-refractivity contribution < 1.29 is 80.9 Å². The normalized spacial score (nSPS) is 30.9. The number of esters is 5. The van der Waals surface area contributed by atoms with Gasteiger partial charge in [0.1, 0.15) is 35.4 Å². The van der Waals surface area contributed by atoms with Gasteiger partial charge in [-0.3, -0.25) is 19.2 Å². The average Bonchev–Trinajstić information content (AvgIpc) is 3.66. The van der Waals surface area contributed by atoms with Crippen LogP contribution in [0.1, 0.15) is 76.4 Å². The van der Waals surface area contributed by atoms with Crippen LogP contribution >= 0.6 is 0 Å². The molecule has 3 aliphatic carbocycles. The molecular formula is C51H52O17. The molecule has 10 atom stereocenters. The summed E-state index contributed by atoms with van der Waals surface area (Å²) < 4.78 is 61.0. The van der Waals surface area contributed by atoms with E-state index in [0.29, 0.717) is 16.9 Å². The molecule has 0 amide bonds. The molecule has 0 N–H and O–H groups in total. The molecule has 68 heavy (non-hydrogen) atoms. The maximum Gasteiger partial charge on any atom is 0.509 e. The summed E-state index contributed by atoms with van der Waals surface area (Å²) in [7, 11) is 1.45. The number of benzene rings is 3. The van der Waals surface area contributed by atoms with Gasteiger partial charge in [0.2, 0.25) is 0 Å². The van der Waals surface area contributed by atoms with E-state index in [1.165, 1.54) is 34.0 Å². The van der Waals surface area contributed by atoms with Gasteiger partial charge in [0.15, 0.2) is 35.3 Å². The van der Waals surface area contributed by atoms with Crippen molar-refractivity contribution >= 4 is 47.9 Å². The highest BCUT2D eigenvalue weighted by Crippen LogP contribution is 2.67. The summed E-state index contributed by atoms with van der Waals surface area (Å²) in [6.07, 6.45) is -7.21. The van der Waals surface area contributed by atoms with E-state index in [0.717, 1.165) is 13.0 Å². The predicted octanol–water partition coefficient (Wildman–Crippen LogP) is 6.23. The van der Waals surface area contributed by atoms with Gasteiger partial charge in [-0.25, -0.2) is 14.4 Å². The van der Waals surface area contributed by atoms with Crippen LogP contribution in [0.2, 0.25) is 0 Å². The Morgan fingerprint density at radius 3 is 2.13 bits per heavy atom. The van der Waals surface area contributed by atoms with Crippen LogP contribution in [0.5, 0.6) is 11.5 Å². The van der Waals surface area contributed by atoms with Gasteiger partial charge in [-0.2, -0.15) is 0 Å². The molecule has 8 rings (SSSR count). The number of hydrogen-bond acceptors (Lipinski definition) is 17. The molecule has 17 nitrogen and oxygen atoms in total. The van der Waals surface area contributed by atoms with Crippen LogP contribution in [-0.2, 0) is 68.5 Å². The van der Waals surface area contributed by atoms with Gasteiger partial charge in [0.05, 0.1) is 31.7 Å². The van der Waals surface area contributed by atoms with Crippen molar-refractivity contribution in [1.29, 1.82) is 0 Å². The lowest BCUT2D eigenvalue weighted by Crippen LogP contribution is -2.83. The highest BCUT2D eigenvalue weighted by atomic mass is 16.8. The summed E-state index contributed by atoms with van der Waals surface area (Å²) in [5, 5.41) is 0. The van der Waals surface area contributed by atoms with Crippen molar-refractivity contribution in [3.05, 3.63) is 113 Å². The van der Waals surface area contributed by atoms with Crippen LogP contribution in [0.25, 0.3) is 6.08 Å². The van der Waals surface area contributed by atoms with Gasteiger partial charge >= 0.3 is 36.0 Å². The number of ether oxygens (including phenoxy) is 10. The van der Waals surface area contributed by atoms with E-state index in [9.17, 15) is 28.8 Å². The molecule has 0 radical (unpaired) electrons. The maximum atomic E-state index is 16.1. The highest BCUT2D eigenvalue weighted by molar-refractivity contribution is 5.96. The Bertz CT molecular complexity index is 2600. The van der Waals surface area contributed by atoms with Crippen molar-refractivity contribution in [2.75, 3.05) is 13.7 Å². The minimum absolute atomic E-state index is 0.141. The lowest BCUT2D eigenvalue weighted by Gasteiger charge is -2.67. The quantitative estimate of drug-likeness (QED) is 0.0648. The molecule has 2 saturated carbocycles. The van der Waals surface area contributed by atoms with E-state index >= 15 is 4.79 Å². The summed E-state index contributed by atoms with van der Waals surface area (Å²) in [6.45, 7) is 9.57. The van der Waals surface area contributed by atoms with Crippen molar-refractivity contribution in [3.63, 3.8) is 0 Å². The first kappa shape index (κ1) is 47.6. The van der Waals surface area contributed by atoms with Crippen molar-refractivity contribution in [3.8, 4) is 11.5 Å². The summed E-state index contributed by atoms with van der Waals surface area (Å²) in [5.41, 5.74) is -5.47. The van der Waals surface area contributed by atoms with Crippen LogP contribution in [0.3, 0.4) is 0 Å². The van der Waals surface area contributed by atoms with Gasteiger partial charge in [0, 0.05) is 38.7 Å². The predicted molar refractivity (Wildman–Crippen MR) is 235 cm³/mol. The molecule has 3 aromatic rings. The third kappa shape index (κ3) is 7.90. The standard InChI is InChI=1S/C51H52O17/c1-27-39-41(63-29(3)53)43(56)49(7)36(65-38(55)23-20-31-18-21-33(22-19-31)64-46(57)34-16-12-13-17-35(34)59-8)24-37-50(26-61-37,67-30(4)54)42(49)45(60-25-32-14-10-9-11-15-32)51(48(39,5)6)44(66-47(58)68-51)40(27)62-28(2)52/h9-23,36-37,40-42,44-45H,24-26H2,1-8H3/b23-20+/t36-,37+,40+,41+,42-,44-,45-,49+,50-,51+/m0/s1. The fourth-order valence-electron chi connectivity index (χ4n) is 11.1. The Hall–Kier alpha value is -6.85. The summed E-state index contributed by atoms with van der Waals surface area (Å²) in [6, 6.07) is 21.9. The average molecular weight is 937 g/mol. The Balaban J connectivity index is 1.24. The molecule has 17 heteroatoms. The highest BCUT2D eigenvalue weighted by Gasteiger charge is 2.83. The third-order valence-electron chi connectivity index (χ3n) is 14.0. The van der Waals surface area contributed by atoms with Crippen molar-refractivity contribution in [2.45, 2.75) is 109 Å². The minimum atomic E-state index is -2.04. The number of fused-ring (bicyclic) bond motifs is 4. The first-order chi connectivity index (χ1) is 32.3. The van der Waals surface area contributed by atoms with E-state index in [-0.39, 0.29) is 42.1 Å².